The third-order valence-electron chi connectivity index (χ3n) is 6.41. The number of hydrogen-bond acceptors (Lipinski definition) is 5. The molecule has 0 spiro atoms. The Hall–Kier alpha value is -3.65. The number of nitrogens with two attached hydrogens (primary N) is 1. The van der Waals surface area contributed by atoms with Gasteiger partial charge in [-0.2, -0.15) is 0 Å². The molecule has 0 unspecified atom stereocenters. The molecule has 8 nitrogen and oxygen atoms in total. The summed E-state index contributed by atoms with van der Waals surface area (Å²) in [6.07, 6.45) is 1.94. The minimum absolute atomic E-state index is 0.0170. The number of aromatic nitrogens is 3. The minimum Gasteiger partial charge on any atom is -0.397 e. The van der Waals surface area contributed by atoms with Crippen molar-refractivity contribution in [3.8, 4) is 11.4 Å². The molecule has 0 saturated carbocycles. The number of rotatable bonds is 3. The molecule has 1 saturated heterocycles. The number of amides is 1. The Bertz CT molecular complexity index is 1380. The van der Waals surface area contributed by atoms with E-state index in [2.05, 4.69) is 33.9 Å². The average Bonchev–Trinajstić information content (AvgIpc) is 3.21. The second kappa shape index (κ2) is 7.80. The molecule has 32 heavy (non-hydrogen) atoms. The standard InChI is InChI=1S/C24H26N6O2/c1-29(2)15-9-11-30(12-10-15)24(32)14-7-8-18-19(13-14)27-22(26-18)20-21(25)16-5-3-4-6-17(16)28-23(20)31/h3-8,13,15H,9-12H2,1-2H3,(H,26,27)(H3,25,28,31). The molecule has 8 heteroatoms. The number of nitrogen functional groups attached to an aromatic ring is 1. The summed E-state index contributed by atoms with van der Waals surface area (Å²) in [7, 11) is 4.17. The lowest BCUT2D eigenvalue weighted by atomic mass is 10.0. The molecule has 1 amide bonds. The van der Waals surface area contributed by atoms with E-state index in [1.807, 2.05) is 29.2 Å². The molecule has 1 aliphatic heterocycles. The number of fused-ring (bicyclic) bond motifs is 2. The Balaban J connectivity index is 1.47. The van der Waals surface area contributed by atoms with Gasteiger partial charge in [0, 0.05) is 30.1 Å². The van der Waals surface area contributed by atoms with E-state index in [9.17, 15) is 9.59 Å². The van der Waals surface area contributed by atoms with Gasteiger partial charge in [-0.1, -0.05) is 18.2 Å². The van der Waals surface area contributed by atoms with Crippen molar-refractivity contribution in [1.29, 1.82) is 0 Å². The van der Waals surface area contributed by atoms with Gasteiger partial charge in [-0.3, -0.25) is 9.59 Å². The fourth-order valence-corrected chi connectivity index (χ4v) is 4.53. The van der Waals surface area contributed by atoms with Crippen LogP contribution in [0, 0.1) is 0 Å². The van der Waals surface area contributed by atoms with E-state index < -0.39 is 0 Å². The van der Waals surface area contributed by atoms with E-state index >= 15 is 0 Å². The van der Waals surface area contributed by atoms with Crippen LogP contribution < -0.4 is 11.3 Å². The lowest BCUT2D eigenvalue weighted by molar-refractivity contribution is 0.0663. The second-order valence-corrected chi connectivity index (χ2v) is 8.59. The molecule has 4 N–H and O–H groups in total. The Kier molecular flexibility index (Phi) is 4.94. The summed E-state index contributed by atoms with van der Waals surface area (Å²) >= 11 is 0. The molecule has 0 bridgehead atoms. The first-order valence-corrected chi connectivity index (χ1v) is 10.8. The van der Waals surface area contributed by atoms with Gasteiger partial charge in [0.15, 0.2) is 0 Å². The van der Waals surface area contributed by atoms with Crippen molar-refractivity contribution >= 4 is 33.5 Å². The summed E-state index contributed by atoms with van der Waals surface area (Å²) in [6, 6.07) is 13.3. The molecule has 0 radical (unpaired) electrons. The topological polar surface area (TPSA) is 111 Å². The fraction of sp³-hybridized carbons (Fsp3) is 0.292. The average molecular weight is 431 g/mol. The highest BCUT2D eigenvalue weighted by Gasteiger charge is 2.25. The summed E-state index contributed by atoms with van der Waals surface area (Å²) in [5, 5.41) is 0.763. The number of carbonyl (C=O) groups excluding carboxylic acids is 1. The van der Waals surface area contributed by atoms with Gasteiger partial charge in [-0.15, -0.1) is 0 Å². The number of nitrogens with zero attached hydrogens (tertiary/aromatic N) is 3. The number of piperidine rings is 1. The number of para-hydroxylation sites is 1. The maximum atomic E-state index is 13.1. The van der Waals surface area contributed by atoms with Crippen LogP contribution in [-0.4, -0.2) is 63.9 Å². The number of hydrogen-bond donors (Lipinski definition) is 3. The highest BCUT2D eigenvalue weighted by molar-refractivity contribution is 5.99. The zero-order chi connectivity index (χ0) is 22.4. The maximum absolute atomic E-state index is 13.1. The third kappa shape index (κ3) is 3.42. The van der Waals surface area contributed by atoms with Gasteiger partial charge in [-0.05, 0) is 51.2 Å². The van der Waals surface area contributed by atoms with Crippen LogP contribution in [0.2, 0.25) is 0 Å². The summed E-state index contributed by atoms with van der Waals surface area (Å²) in [4.78, 5) is 40.5. The molecule has 5 rings (SSSR count). The number of pyridine rings is 1. The van der Waals surface area contributed by atoms with Crippen molar-refractivity contribution in [3.63, 3.8) is 0 Å². The largest absolute Gasteiger partial charge is 0.397 e. The Labute approximate surface area is 185 Å². The summed E-state index contributed by atoms with van der Waals surface area (Å²) < 4.78 is 0. The van der Waals surface area contributed by atoms with E-state index in [0.717, 1.165) is 31.3 Å². The van der Waals surface area contributed by atoms with E-state index in [1.54, 1.807) is 18.2 Å². The van der Waals surface area contributed by atoms with Gasteiger partial charge in [-0.25, -0.2) is 4.98 Å². The molecule has 1 fully saturated rings. The smallest absolute Gasteiger partial charge is 0.261 e. The minimum atomic E-state index is -0.305. The van der Waals surface area contributed by atoms with Gasteiger partial charge >= 0.3 is 0 Å². The van der Waals surface area contributed by atoms with Gasteiger partial charge in [0.1, 0.15) is 11.4 Å². The zero-order valence-corrected chi connectivity index (χ0v) is 18.2. The van der Waals surface area contributed by atoms with Crippen LogP contribution in [0.25, 0.3) is 33.3 Å². The third-order valence-corrected chi connectivity index (χ3v) is 6.41. The normalized spacial score (nSPS) is 15.2. The molecule has 4 aromatic rings. The van der Waals surface area contributed by atoms with Crippen molar-refractivity contribution < 1.29 is 4.79 Å². The molecular weight excluding hydrogens is 404 g/mol. The Morgan fingerprint density at radius 3 is 2.59 bits per heavy atom. The van der Waals surface area contributed by atoms with Crippen LogP contribution in [0.3, 0.4) is 0 Å². The lowest BCUT2D eigenvalue weighted by Gasteiger charge is -2.35. The highest BCUT2D eigenvalue weighted by atomic mass is 16.2. The number of nitrogens with one attached hydrogen (secondary N) is 2. The lowest BCUT2D eigenvalue weighted by Crippen LogP contribution is -2.44. The molecule has 2 aromatic heterocycles. The van der Waals surface area contributed by atoms with Crippen LogP contribution in [-0.2, 0) is 0 Å². The van der Waals surface area contributed by atoms with Gasteiger partial charge in [0.05, 0.1) is 22.2 Å². The van der Waals surface area contributed by atoms with Crippen molar-refractivity contribution in [2.45, 2.75) is 18.9 Å². The van der Waals surface area contributed by atoms with Gasteiger partial charge in [0.25, 0.3) is 11.5 Å². The number of likely N-dealkylation sites (tertiary alicyclic amines) is 1. The Morgan fingerprint density at radius 1 is 1.09 bits per heavy atom. The first-order valence-electron chi connectivity index (χ1n) is 10.8. The molecule has 0 aliphatic carbocycles. The monoisotopic (exact) mass is 430 g/mol. The zero-order valence-electron chi connectivity index (χ0n) is 18.2. The highest BCUT2D eigenvalue weighted by Crippen LogP contribution is 2.28. The predicted molar refractivity (Wildman–Crippen MR) is 127 cm³/mol. The van der Waals surface area contributed by atoms with Crippen molar-refractivity contribution in [2.75, 3.05) is 32.9 Å². The summed E-state index contributed by atoms with van der Waals surface area (Å²) in [5.74, 6) is 0.407. The number of benzene rings is 2. The van der Waals surface area contributed by atoms with Crippen molar-refractivity contribution in [2.24, 2.45) is 0 Å². The molecule has 0 atom stereocenters. The second-order valence-electron chi connectivity index (χ2n) is 8.59. The van der Waals surface area contributed by atoms with E-state index in [1.165, 1.54) is 0 Å². The van der Waals surface area contributed by atoms with E-state index in [0.29, 0.717) is 45.2 Å². The van der Waals surface area contributed by atoms with E-state index in [-0.39, 0.29) is 11.5 Å². The Morgan fingerprint density at radius 2 is 1.84 bits per heavy atom. The quantitative estimate of drug-likeness (QED) is 0.463. The number of aromatic amines is 2. The van der Waals surface area contributed by atoms with Crippen LogP contribution in [0.15, 0.2) is 47.3 Å². The predicted octanol–water partition coefficient (Wildman–Crippen LogP) is 2.82. The molecule has 2 aromatic carbocycles. The number of imidazole rings is 1. The number of carbonyl (C=O) groups is 1. The van der Waals surface area contributed by atoms with Gasteiger partial charge < -0.3 is 25.5 Å². The van der Waals surface area contributed by atoms with Gasteiger partial charge in [0.2, 0.25) is 0 Å². The van der Waals surface area contributed by atoms with Crippen LogP contribution in [0.4, 0.5) is 5.69 Å². The number of H-pyrrole nitrogens is 2. The first-order chi connectivity index (χ1) is 15.4. The van der Waals surface area contributed by atoms with E-state index in [4.69, 9.17) is 5.73 Å². The molecule has 3 heterocycles. The maximum Gasteiger partial charge on any atom is 0.261 e. The molecule has 164 valence electrons. The fourth-order valence-electron chi connectivity index (χ4n) is 4.53. The first kappa shape index (κ1) is 20.3. The number of anilines is 1. The molecular formula is C24H26N6O2. The van der Waals surface area contributed by atoms with Crippen molar-refractivity contribution in [1.82, 2.24) is 24.8 Å². The van der Waals surface area contributed by atoms with Crippen LogP contribution in [0.1, 0.15) is 23.2 Å². The van der Waals surface area contributed by atoms with Crippen LogP contribution >= 0.6 is 0 Å². The van der Waals surface area contributed by atoms with Crippen LogP contribution in [0.5, 0.6) is 0 Å². The summed E-state index contributed by atoms with van der Waals surface area (Å²) in [6.45, 7) is 1.49. The SMILES string of the molecule is CN(C)C1CCN(C(=O)c2ccc3nc(-c4c(N)c5ccccc5[nH]c4=O)[nH]c3c2)CC1. The molecule has 1 aliphatic rings. The summed E-state index contributed by atoms with van der Waals surface area (Å²) in [5.41, 5.74) is 9.37. The van der Waals surface area contributed by atoms with Crippen molar-refractivity contribution in [3.05, 3.63) is 58.4 Å².